The molecule has 0 bridgehead atoms. The third-order valence-electron chi connectivity index (χ3n) is 3.54. The average Bonchev–Trinajstić information content (AvgIpc) is 2.57. The van der Waals surface area contributed by atoms with Crippen LogP contribution in [0.2, 0.25) is 0 Å². The van der Waals surface area contributed by atoms with Crippen molar-refractivity contribution in [2.24, 2.45) is 7.05 Å². The summed E-state index contributed by atoms with van der Waals surface area (Å²) in [6.07, 6.45) is -3.28. The molecular formula is C17H16F3N3O3. The number of aromatic nitrogens is 1. The Morgan fingerprint density at radius 2 is 1.77 bits per heavy atom. The molecule has 1 heterocycles. The first-order valence-electron chi connectivity index (χ1n) is 7.41. The van der Waals surface area contributed by atoms with Crippen LogP contribution in [0.5, 0.6) is 0 Å². The molecule has 0 unspecified atom stereocenters. The zero-order valence-electron chi connectivity index (χ0n) is 14.2. The summed E-state index contributed by atoms with van der Waals surface area (Å²) in [6.45, 7) is 0. The Balaban J connectivity index is 2.38. The van der Waals surface area contributed by atoms with E-state index in [1.807, 2.05) is 0 Å². The lowest BCUT2D eigenvalue weighted by Gasteiger charge is -2.13. The Morgan fingerprint density at radius 1 is 1.12 bits per heavy atom. The summed E-state index contributed by atoms with van der Waals surface area (Å²) >= 11 is 0. The first-order chi connectivity index (χ1) is 12.0. The molecule has 1 aromatic carbocycles. The average molecular weight is 367 g/mol. The minimum absolute atomic E-state index is 0.149. The Labute approximate surface area is 146 Å². The normalized spacial score (nSPS) is 11.2. The van der Waals surface area contributed by atoms with Crippen LogP contribution in [0.25, 0.3) is 0 Å². The summed E-state index contributed by atoms with van der Waals surface area (Å²) < 4.78 is 39.4. The highest BCUT2D eigenvalue weighted by Gasteiger charge is 2.31. The fourth-order valence-corrected chi connectivity index (χ4v) is 2.21. The summed E-state index contributed by atoms with van der Waals surface area (Å²) in [7, 11) is 4.44. The van der Waals surface area contributed by atoms with Gasteiger partial charge in [-0.05, 0) is 24.3 Å². The van der Waals surface area contributed by atoms with Crippen LogP contribution in [0.3, 0.4) is 0 Å². The van der Waals surface area contributed by atoms with E-state index in [0.717, 1.165) is 16.7 Å². The SMILES string of the molecule is CN(C)C(=O)c1cc(NC(=O)c2cccc(C(F)(F)F)c2)c(=O)n(C)c1. The quantitative estimate of drug-likeness (QED) is 0.905. The van der Waals surface area contributed by atoms with E-state index in [1.54, 1.807) is 0 Å². The maximum absolute atomic E-state index is 12.8. The van der Waals surface area contributed by atoms with Crippen molar-refractivity contribution in [2.75, 3.05) is 19.4 Å². The second-order valence-electron chi connectivity index (χ2n) is 5.79. The molecule has 1 aromatic heterocycles. The summed E-state index contributed by atoms with van der Waals surface area (Å²) in [6, 6.07) is 5.02. The number of hydrogen-bond acceptors (Lipinski definition) is 3. The van der Waals surface area contributed by atoms with Crippen LogP contribution in [0, 0.1) is 0 Å². The van der Waals surface area contributed by atoms with Gasteiger partial charge in [0.25, 0.3) is 17.4 Å². The third-order valence-corrected chi connectivity index (χ3v) is 3.54. The largest absolute Gasteiger partial charge is 0.416 e. The van der Waals surface area contributed by atoms with E-state index in [2.05, 4.69) is 5.32 Å². The van der Waals surface area contributed by atoms with E-state index in [9.17, 15) is 27.6 Å². The number of nitrogens with zero attached hydrogens (tertiary/aromatic N) is 2. The monoisotopic (exact) mass is 367 g/mol. The molecular weight excluding hydrogens is 351 g/mol. The maximum atomic E-state index is 12.8. The maximum Gasteiger partial charge on any atom is 0.416 e. The Hall–Kier alpha value is -3.10. The number of carbonyl (C=O) groups excluding carboxylic acids is 2. The van der Waals surface area contributed by atoms with Gasteiger partial charge in [-0.25, -0.2) is 0 Å². The van der Waals surface area contributed by atoms with Gasteiger partial charge in [-0.1, -0.05) is 6.07 Å². The number of carbonyl (C=O) groups is 2. The van der Waals surface area contributed by atoms with Crippen LogP contribution in [0.1, 0.15) is 26.3 Å². The molecule has 0 aliphatic rings. The Morgan fingerprint density at radius 3 is 2.35 bits per heavy atom. The minimum Gasteiger partial charge on any atom is -0.345 e. The van der Waals surface area contributed by atoms with Gasteiger partial charge >= 0.3 is 6.18 Å². The number of hydrogen-bond donors (Lipinski definition) is 1. The van der Waals surface area contributed by atoms with Crippen LogP contribution >= 0.6 is 0 Å². The number of pyridine rings is 1. The smallest absolute Gasteiger partial charge is 0.345 e. The molecule has 0 spiro atoms. The van der Waals surface area contributed by atoms with Gasteiger partial charge in [-0.15, -0.1) is 0 Å². The van der Waals surface area contributed by atoms with Crippen LogP contribution in [0.4, 0.5) is 18.9 Å². The summed E-state index contributed by atoms with van der Waals surface area (Å²) in [5, 5.41) is 2.27. The van der Waals surface area contributed by atoms with Crippen molar-refractivity contribution in [3.8, 4) is 0 Å². The topological polar surface area (TPSA) is 71.4 Å². The highest BCUT2D eigenvalue weighted by molar-refractivity contribution is 6.05. The molecule has 138 valence electrons. The molecule has 0 saturated carbocycles. The van der Waals surface area contributed by atoms with E-state index in [4.69, 9.17) is 0 Å². The lowest BCUT2D eigenvalue weighted by Crippen LogP contribution is -2.28. The number of alkyl halides is 3. The van der Waals surface area contributed by atoms with Gasteiger partial charge in [0.1, 0.15) is 5.69 Å². The third kappa shape index (κ3) is 4.11. The lowest BCUT2D eigenvalue weighted by atomic mass is 10.1. The van der Waals surface area contributed by atoms with Crippen molar-refractivity contribution < 1.29 is 22.8 Å². The number of anilines is 1. The molecule has 6 nitrogen and oxygen atoms in total. The van der Waals surface area contributed by atoms with Crippen molar-refractivity contribution in [2.45, 2.75) is 6.18 Å². The van der Waals surface area contributed by atoms with Gasteiger partial charge in [0.05, 0.1) is 11.1 Å². The Kier molecular flexibility index (Phi) is 5.20. The number of nitrogens with one attached hydrogen (secondary N) is 1. The number of rotatable bonds is 3. The van der Waals surface area contributed by atoms with Crippen molar-refractivity contribution in [3.63, 3.8) is 0 Å². The molecule has 0 saturated heterocycles. The van der Waals surface area contributed by atoms with Crippen molar-refractivity contribution >= 4 is 17.5 Å². The molecule has 0 fully saturated rings. The summed E-state index contributed by atoms with van der Waals surface area (Å²) in [5.41, 5.74) is -1.89. The van der Waals surface area contributed by atoms with Crippen molar-refractivity contribution in [3.05, 3.63) is 63.6 Å². The van der Waals surface area contributed by atoms with E-state index in [0.29, 0.717) is 6.07 Å². The predicted octanol–water partition coefficient (Wildman–Crippen LogP) is 2.36. The van der Waals surface area contributed by atoms with Gasteiger partial charge in [0, 0.05) is 32.9 Å². The Bertz CT molecular complexity index is 917. The van der Waals surface area contributed by atoms with Gasteiger partial charge in [-0.2, -0.15) is 13.2 Å². The molecule has 0 radical (unpaired) electrons. The summed E-state index contributed by atoms with van der Waals surface area (Å²) in [4.78, 5) is 37.7. The second kappa shape index (κ2) is 7.03. The van der Waals surface area contributed by atoms with Gasteiger partial charge < -0.3 is 14.8 Å². The molecule has 0 atom stereocenters. The fraction of sp³-hybridized carbons (Fsp3) is 0.235. The van der Waals surface area contributed by atoms with E-state index in [-0.39, 0.29) is 16.8 Å². The van der Waals surface area contributed by atoms with Crippen LogP contribution < -0.4 is 10.9 Å². The van der Waals surface area contributed by atoms with Gasteiger partial charge in [-0.3, -0.25) is 14.4 Å². The van der Waals surface area contributed by atoms with Crippen LogP contribution in [-0.2, 0) is 13.2 Å². The molecule has 0 aliphatic heterocycles. The number of halogens is 3. The standard InChI is InChI=1S/C17H16F3N3O3/c1-22(2)15(25)11-8-13(16(26)23(3)9-11)21-14(24)10-5-4-6-12(7-10)17(18,19)20/h4-9H,1-3H3,(H,21,24). The molecule has 2 aromatic rings. The van der Waals surface area contributed by atoms with Crippen molar-refractivity contribution in [1.29, 1.82) is 0 Å². The minimum atomic E-state index is -4.59. The van der Waals surface area contributed by atoms with E-state index >= 15 is 0 Å². The van der Waals surface area contributed by atoms with E-state index in [1.165, 1.54) is 44.4 Å². The van der Waals surface area contributed by atoms with E-state index < -0.39 is 29.1 Å². The summed E-state index contributed by atoms with van der Waals surface area (Å²) in [5.74, 6) is -1.28. The number of aryl methyl sites for hydroxylation is 1. The second-order valence-corrected chi connectivity index (χ2v) is 5.79. The first kappa shape index (κ1) is 19.2. The molecule has 2 amide bonds. The first-order valence-corrected chi connectivity index (χ1v) is 7.41. The molecule has 2 rings (SSSR count). The van der Waals surface area contributed by atoms with Crippen LogP contribution in [0.15, 0.2) is 41.3 Å². The van der Waals surface area contributed by atoms with Crippen molar-refractivity contribution in [1.82, 2.24) is 9.47 Å². The van der Waals surface area contributed by atoms with Gasteiger partial charge in [0.2, 0.25) is 0 Å². The lowest BCUT2D eigenvalue weighted by molar-refractivity contribution is -0.137. The molecule has 9 heteroatoms. The van der Waals surface area contributed by atoms with Crippen LogP contribution in [-0.4, -0.2) is 35.4 Å². The zero-order chi connectivity index (χ0) is 19.6. The number of amides is 2. The van der Waals surface area contributed by atoms with Gasteiger partial charge in [0.15, 0.2) is 0 Å². The molecule has 26 heavy (non-hydrogen) atoms. The predicted molar refractivity (Wildman–Crippen MR) is 89.1 cm³/mol. The highest BCUT2D eigenvalue weighted by atomic mass is 19.4. The zero-order valence-corrected chi connectivity index (χ0v) is 14.2. The molecule has 0 aliphatic carbocycles. The fourth-order valence-electron chi connectivity index (χ4n) is 2.21. The highest BCUT2D eigenvalue weighted by Crippen LogP contribution is 2.29. The molecule has 1 N–H and O–H groups in total. The number of benzene rings is 1.